The molecule has 2 N–H and O–H groups in total. The van der Waals surface area contributed by atoms with Crippen molar-refractivity contribution in [2.24, 2.45) is 0 Å². The second-order valence-corrected chi connectivity index (χ2v) is 8.33. The van der Waals surface area contributed by atoms with Crippen LogP contribution in [-0.4, -0.2) is 21.7 Å². The maximum atomic E-state index is 13.5. The Balaban J connectivity index is 1.66. The first-order chi connectivity index (χ1) is 15.2. The molecule has 0 radical (unpaired) electrons. The number of nitrogens with zero attached hydrogens (tertiary/aromatic N) is 2. The SMILES string of the molecule is CSc1ccc([C@H]2C(C(=O)Nc3ccccc3)=C(C)Nc3nc4ccccc4n32)cc1. The zero-order valence-electron chi connectivity index (χ0n) is 17.3. The minimum Gasteiger partial charge on any atom is -0.329 e. The summed E-state index contributed by atoms with van der Waals surface area (Å²) in [5.41, 5.74) is 5.17. The number of rotatable bonds is 4. The van der Waals surface area contributed by atoms with Crippen LogP contribution in [0, 0.1) is 0 Å². The molecule has 0 saturated carbocycles. The minimum atomic E-state index is -0.289. The molecule has 1 aliphatic rings. The predicted molar refractivity (Wildman–Crippen MR) is 127 cm³/mol. The van der Waals surface area contributed by atoms with Crippen molar-refractivity contribution >= 4 is 40.3 Å². The van der Waals surface area contributed by atoms with E-state index in [0.29, 0.717) is 5.57 Å². The summed E-state index contributed by atoms with van der Waals surface area (Å²) in [6.07, 6.45) is 2.06. The van der Waals surface area contributed by atoms with E-state index in [0.717, 1.165) is 33.9 Å². The van der Waals surface area contributed by atoms with Crippen molar-refractivity contribution in [3.8, 4) is 0 Å². The molecule has 4 aromatic rings. The smallest absolute Gasteiger partial charge is 0.255 e. The number of carbonyl (C=O) groups is 1. The average Bonchev–Trinajstić information content (AvgIpc) is 3.16. The van der Waals surface area contributed by atoms with E-state index in [-0.39, 0.29) is 11.9 Å². The summed E-state index contributed by atoms with van der Waals surface area (Å²) >= 11 is 1.70. The van der Waals surface area contributed by atoms with E-state index < -0.39 is 0 Å². The van der Waals surface area contributed by atoms with Gasteiger partial charge in [0.05, 0.1) is 22.6 Å². The fraction of sp³-hybridized carbons (Fsp3) is 0.120. The van der Waals surface area contributed by atoms with Gasteiger partial charge in [-0.1, -0.05) is 42.5 Å². The molecule has 0 saturated heterocycles. The standard InChI is InChI=1S/C25H22N4OS/c1-16-22(24(30)27-18-8-4-3-5-9-18)23(17-12-14-19(31-2)15-13-17)29-21-11-7-6-10-20(21)28-25(29)26-16/h3-15,23H,1-2H3,(H,26,28)(H,27,30)/t23-/m0/s1. The second-order valence-electron chi connectivity index (χ2n) is 7.45. The lowest BCUT2D eigenvalue weighted by Crippen LogP contribution is -2.30. The van der Waals surface area contributed by atoms with Gasteiger partial charge in [-0.25, -0.2) is 4.98 Å². The molecular weight excluding hydrogens is 404 g/mol. The number of para-hydroxylation sites is 3. The van der Waals surface area contributed by atoms with Crippen LogP contribution >= 0.6 is 11.8 Å². The van der Waals surface area contributed by atoms with Crippen LogP contribution in [0.4, 0.5) is 11.6 Å². The highest BCUT2D eigenvalue weighted by Gasteiger charge is 2.34. The molecule has 5 nitrogen and oxygen atoms in total. The molecular formula is C25H22N4OS. The van der Waals surface area contributed by atoms with Gasteiger partial charge in [-0.15, -0.1) is 11.8 Å². The van der Waals surface area contributed by atoms with Crippen LogP contribution in [0.15, 0.2) is 95.0 Å². The molecule has 0 aliphatic carbocycles. The van der Waals surface area contributed by atoms with E-state index >= 15 is 0 Å². The van der Waals surface area contributed by atoms with E-state index in [2.05, 4.69) is 45.7 Å². The number of allylic oxidation sites excluding steroid dienone is 1. The number of nitrogens with one attached hydrogen (secondary N) is 2. The highest BCUT2D eigenvalue weighted by Crippen LogP contribution is 2.39. The summed E-state index contributed by atoms with van der Waals surface area (Å²) in [6, 6.07) is 25.7. The molecule has 5 rings (SSSR count). The third-order valence-electron chi connectivity index (χ3n) is 5.54. The summed E-state index contributed by atoms with van der Waals surface area (Å²) in [5.74, 6) is 0.618. The van der Waals surface area contributed by atoms with Crippen molar-refractivity contribution in [3.05, 3.63) is 95.7 Å². The number of amides is 1. The van der Waals surface area contributed by atoms with Gasteiger partial charge in [0.25, 0.3) is 5.91 Å². The molecule has 1 amide bonds. The normalized spacial score (nSPS) is 15.5. The topological polar surface area (TPSA) is 59.0 Å². The maximum absolute atomic E-state index is 13.5. The van der Waals surface area contributed by atoms with Crippen LogP contribution in [0.25, 0.3) is 11.0 Å². The molecule has 31 heavy (non-hydrogen) atoms. The van der Waals surface area contributed by atoms with Crippen molar-refractivity contribution < 1.29 is 4.79 Å². The number of benzene rings is 3. The van der Waals surface area contributed by atoms with Crippen LogP contribution in [0.2, 0.25) is 0 Å². The highest BCUT2D eigenvalue weighted by molar-refractivity contribution is 7.98. The van der Waals surface area contributed by atoms with Crippen molar-refractivity contribution in [1.29, 1.82) is 0 Å². The summed E-state index contributed by atoms with van der Waals surface area (Å²) < 4.78 is 2.12. The molecule has 3 aromatic carbocycles. The first-order valence-electron chi connectivity index (χ1n) is 10.1. The zero-order valence-corrected chi connectivity index (χ0v) is 18.1. The first-order valence-corrected chi connectivity index (χ1v) is 11.3. The second kappa shape index (κ2) is 7.96. The van der Waals surface area contributed by atoms with E-state index in [1.165, 1.54) is 4.90 Å². The molecule has 1 atom stereocenters. The Morgan fingerprint density at radius 3 is 2.45 bits per heavy atom. The van der Waals surface area contributed by atoms with E-state index in [9.17, 15) is 4.79 Å². The Morgan fingerprint density at radius 1 is 1.00 bits per heavy atom. The zero-order chi connectivity index (χ0) is 21.4. The van der Waals surface area contributed by atoms with Gasteiger partial charge in [-0.3, -0.25) is 9.36 Å². The Kier molecular flexibility index (Phi) is 5.00. The number of aromatic nitrogens is 2. The lowest BCUT2D eigenvalue weighted by Gasteiger charge is -2.30. The summed E-state index contributed by atoms with van der Waals surface area (Å²) in [6.45, 7) is 1.94. The first kappa shape index (κ1) is 19.5. The van der Waals surface area contributed by atoms with Gasteiger partial charge in [0.1, 0.15) is 0 Å². The molecule has 154 valence electrons. The molecule has 2 heterocycles. The number of carbonyl (C=O) groups excluding carboxylic acids is 1. The summed E-state index contributed by atoms with van der Waals surface area (Å²) in [5, 5.41) is 6.42. The van der Waals surface area contributed by atoms with Gasteiger partial charge >= 0.3 is 0 Å². The monoisotopic (exact) mass is 426 g/mol. The fourth-order valence-electron chi connectivity index (χ4n) is 4.08. The Bertz CT molecular complexity index is 1290. The van der Waals surface area contributed by atoms with Crippen LogP contribution in [-0.2, 0) is 4.79 Å². The number of imidazole rings is 1. The van der Waals surface area contributed by atoms with Crippen LogP contribution in [0.5, 0.6) is 0 Å². The van der Waals surface area contributed by atoms with Crippen LogP contribution in [0.3, 0.4) is 0 Å². The summed E-state index contributed by atoms with van der Waals surface area (Å²) in [4.78, 5) is 19.5. The Morgan fingerprint density at radius 2 is 1.71 bits per heavy atom. The summed E-state index contributed by atoms with van der Waals surface area (Å²) in [7, 11) is 0. The molecule has 0 bridgehead atoms. The molecule has 1 aliphatic heterocycles. The average molecular weight is 427 g/mol. The minimum absolute atomic E-state index is 0.126. The van der Waals surface area contributed by atoms with E-state index in [4.69, 9.17) is 4.98 Å². The molecule has 0 spiro atoms. The van der Waals surface area contributed by atoms with Gasteiger partial charge in [0.15, 0.2) is 0 Å². The van der Waals surface area contributed by atoms with Gasteiger partial charge in [-0.2, -0.15) is 0 Å². The van der Waals surface area contributed by atoms with Gasteiger partial charge < -0.3 is 10.6 Å². The van der Waals surface area contributed by atoms with Crippen molar-refractivity contribution in [1.82, 2.24) is 9.55 Å². The van der Waals surface area contributed by atoms with Crippen LogP contribution < -0.4 is 10.6 Å². The lowest BCUT2D eigenvalue weighted by atomic mass is 9.94. The number of thioether (sulfide) groups is 1. The largest absolute Gasteiger partial charge is 0.329 e. The number of anilines is 2. The highest BCUT2D eigenvalue weighted by atomic mass is 32.2. The van der Waals surface area contributed by atoms with Crippen LogP contribution in [0.1, 0.15) is 18.5 Å². The molecule has 1 aromatic heterocycles. The maximum Gasteiger partial charge on any atom is 0.255 e. The molecule has 6 heteroatoms. The molecule has 0 fully saturated rings. The number of fused-ring (bicyclic) bond motifs is 3. The lowest BCUT2D eigenvalue weighted by molar-refractivity contribution is -0.113. The van der Waals surface area contributed by atoms with Crippen molar-refractivity contribution in [2.75, 3.05) is 16.9 Å². The fourth-order valence-corrected chi connectivity index (χ4v) is 4.49. The Hall–Kier alpha value is -3.51. The third-order valence-corrected chi connectivity index (χ3v) is 6.28. The Labute approximate surface area is 185 Å². The third kappa shape index (κ3) is 3.49. The number of hydrogen-bond acceptors (Lipinski definition) is 4. The predicted octanol–water partition coefficient (Wildman–Crippen LogP) is 5.69. The number of hydrogen-bond donors (Lipinski definition) is 2. The van der Waals surface area contributed by atoms with Crippen molar-refractivity contribution in [2.45, 2.75) is 17.9 Å². The van der Waals surface area contributed by atoms with Gasteiger partial charge in [-0.05, 0) is 55.1 Å². The molecule has 0 unspecified atom stereocenters. The van der Waals surface area contributed by atoms with Crippen molar-refractivity contribution in [3.63, 3.8) is 0 Å². The van der Waals surface area contributed by atoms with Gasteiger partial charge in [0.2, 0.25) is 5.95 Å². The quantitative estimate of drug-likeness (QED) is 0.412. The van der Waals surface area contributed by atoms with E-state index in [1.54, 1.807) is 11.8 Å². The van der Waals surface area contributed by atoms with E-state index in [1.807, 2.05) is 61.5 Å². The van der Waals surface area contributed by atoms with Gasteiger partial charge in [0, 0.05) is 16.3 Å².